The highest BCUT2D eigenvalue weighted by molar-refractivity contribution is 5.48. The summed E-state index contributed by atoms with van der Waals surface area (Å²) >= 11 is 0. The lowest BCUT2D eigenvalue weighted by Crippen LogP contribution is -2.36. The van der Waals surface area contributed by atoms with Crippen LogP contribution < -0.4 is 15.0 Å². The number of likely N-dealkylation sites (N-methyl/N-ethyl adjacent to an activating group) is 1. The van der Waals surface area contributed by atoms with Gasteiger partial charge in [-0.05, 0) is 42.0 Å². The van der Waals surface area contributed by atoms with Crippen molar-refractivity contribution in [1.29, 1.82) is 0 Å². The number of nitrogens with zero attached hydrogens (tertiary/aromatic N) is 1. The molecule has 2 aromatic carbocycles. The van der Waals surface area contributed by atoms with Crippen LogP contribution in [0.2, 0.25) is 0 Å². The molecule has 3 N–H and O–H groups in total. The van der Waals surface area contributed by atoms with Crippen LogP contribution in [0.1, 0.15) is 5.56 Å². The fraction of sp³-hybridized carbons (Fsp3) is 0.333. The van der Waals surface area contributed by atoms with E-state index in [1.165, 1.54) is 12.1 Å². The number of hydrogen-bond acceptors (Lipinski definition) is 5. The Balaban J connectivity index is 1.84. The van der Waals surface area contributed by atoms with Crippen LogP contribution in [-0.4, -0.2) is 43.2 Å². The second-order valence-corrected chi connectivity index (χ2v) is 5.56. The average molecular weight is 334 g/mol. The SMILES string of the molecule is CN(C[C@H](O)CNCO)c1ccc(OCc2ccc(F)cc2)cc1. The number of aliphatic hydroxyl groups excluding tert-OH is 2. The standard InChI is InChI=1S/C18H23FN2O3/c1-21(11-17(23)10-20-13-22)16-6-8-18(9-7-16)24-12-14-2-4-15(19)5-3-14/h2-9,17,20,22-23H,10-13H2,1H3/t17-/m1/s1. The molecule has 0 bridgehead atoms. The van der Waals surface area contributed by atoms with Crippen molar-refractivity contribution in [2.24, 2.45) is 0 Å². The van der Waals surface area contributed by atoms with Gasteiger partial charge in [0.05, 0.1) is 12.8 Å². The monoisotopic (exact) mass is 334 g/mol. The van der Waals surface area contributed by atoms with Crippen LogP contribution in [0.3, 0.4) is 0 Å². The highest BCUT2D eigenvalue weighted by Gasteiger charge is 2.08. The average Bonchev–Trinajstić information content (AvgIpc) is 2.60. The molecule has 2 rings (SSSR count). The number of anilines is 1. The van der Waals surface area contributed by atoms with E-state index in [1.807, 2.05) is 36.2 Å². The number of aliphatic hydroxyl groups is 2. The largest absolute Gasteiger partial charge is 0.489 e. The molecule has 24 heavy (non-hydrogen) atoms. The Morgan fingerprint density at radius 3 is 2.42 bits per heavy atom. The zero-order valence-corrected chi connectivity index (χ0v) is 13.7. The van der Waals surface area contributed by atoms with Crippen molar-refractivity contribution in [2.75, 3.05) is 31.8 Å². The van der Waals surface area contributed by atoms with Gasteiger partial charge in [0.15, 0.2) is 0 Å². The first-order valence-electron chi connectivity index (χ1n) is 7.76. The zero-order chi connectivity index (χ0) is 17.4. The quantitative estimate of drug-likeness (QED) is 0.610. The van der Waals surface area contributed by atoms with Crippen molar-refractivity contribution in [3.63, 3.8) is 0 Å². The molecule has 0 aliphatic rings. The molecule has 1 atom stereocenters. The normalized spacial score (nSPS) is 12.0. The molecule has 0 radical (unpaired) electrons. The van der Waals surface area contributed by atoms with E-state index in [4.69, 9.17) is 9.84 Å². The number of hydrogen-bond donors (Lipinski definition) is 3. The Kier molecular flexibility index (Phi) is 6.99. The molecule has 6 heteroatoms. The molecule has 0 aromatic heterocycles. The second-order valence-electron chi connectivity index (χ2n) is 5.56. The number of halogens is 1. The van der Waals surface area contributed by atoms with Crippen LogP contribution in [-0.2, 0) is 6.61 Å². The van der Waals surface area contributed by atoms with Gasteiger partial charge in [0.25, 0.3) is 0 Å². The summed E-state index contributed by atoms with van der Waals surface area (Å²) in [5.74, 6) is 0.460. The van der Waals surface area contributed by atoms with Crippen LogP contribution in [0.5, 0.6) is 5.75 Å². The molecule has 0 saturated heterocycles. The van der Waals surface area contributed by atoms with Crippen molar-refractivity contribution < 1.29 is 19.3 Å². The molecule has 0 unspecified atom stereocenters. The van der Waals surface area contributed by atoms with E-state index in [-0.39, 0.29) is 12.5 Å². The predicted molar refractivity (Wildman–Crippen MR) is 91.5 cm³/mol. The maximum atomic E-state index is 12.8. The van der Waals surface area contributed by atoms with Gasteiger partial charge in [-0.2, -0.15) is 0 Å². The van der Waals surface area contributed by atoms with Crippen LogP contribution in [0.25, 0.3) is 0 Å². The first-order valence-corrected chi connectivity index (χ1v) is 7.76. The second kappa shape index (κ2) is 9.22. The minimum absolute atomic E-state index is 0.152. The first-order chi connectivity index (χ1) is 11.6. The summed E-state index contributed by atoms with van der Waals surface area (Å²) in [5.41, 5.74) is 1.85. The number of benzene rings is 2. The third kappa shape index (κ3) is 5.81. The summed E-state index contributed by atoms with van der Waals surface area (Å²) in [7, 11) is 1.89. The van der Waals surface area contributed by atoms with Crippen LogP contribution in [0.4, 0.5) is 10.1 Å². The van der Waals surface area contributed by atoms with Crippen LogP contribution in [0.15, 0.2) is 48.5 Å². The van der Waals surface area contributed by atoms with Crippen molar-refractivity contribution in [2.45, 2.75) is 12.7 Å². The van der Waals surface area contributed by atoms with Gasteiger partial charge in [0, 0.05) is 25.8 Å². The Labute approximate surface area is 141 Å². The summed E-state index contributed by atoms with van der Waals surface area (Å²) in [6, 6.07) is 13.7. The molecule has 0 heterocycles. The van der Waals surface area contributed by atoms with Gasteiger partial charge in [-0.3, -0.25) is 5.32 Å². The van der Waals surface area contributed by atoms with E-state index in [0.717, 1.165) is 17.0 Å². The fourth-order valence-electron chi connectivity index (χ4n) is 2.26. The fourth-order valence-corrected chi connectivity index (χ4v) is 2.26. The van der Waals surface area contributed by atoms with Gasteiger partial charge in [0.2, 0.25) is 0 Å². The molecule has 0 aliphatic heterocycles. The summed E-state index contributed by atoms with van der Waals surface area (Å²) in [6.45, 7) is 1.00. The Morgan fingerprint density at radius 1 is 1.12 bits per heavy atom. The van der Waals surface area contributed by atoms with Crippen molar-refractivity contribution in [1.82, 2.24) is 5.32 Å². The van der Waals surface area contributed by atoms with Crippen LogP contribution >= 0.6 is 0 Å². The van der Waals surface area contributed by atoms with Crippen LogP contribution in [0, 0.1) is 5.82 Å². The lowest BCUT2D eigenvalue weighted by molar-refractivity contribution is 0.159. The van der Waals surface area contributed by atoms with E-state index in [0.29, 0.717) is 19.7 Å². The minimum Gasteiger partial charge on any atom is -0.489 e. The molecular weight excluding hydrogens is 311 g/mol. The van der Waals surface area contributed by atoms with Gasteiger partial charge in [0.1, 0.15) is 18.2 Å². The zero-order valence-electron chi connectivity index (χ0n) is 13.7. The smallest absolute Gasteiger partial charge is 0.123 e. The third-order valence-electron chi connectivity index (χ3n) is 3.57. The maximum Gasteiger partial charge on any atom is 0.123 e. The summed E-state index contributed by atoms with van der Waals surface area (Å²) in [5, 5.41) is 21.2. The van der Waals surface area contributed by atoms with E-state index in [1.54, 1.807) is 12.1 Å². The number of ether oxygens (including phenoxy) is 1. The molecular formula is C18H23FN2O3. The highest BCUT2D eigenvalue weighted by atomic mass is 19.1. The maximum absolute atomic E-state index is 12.8. The number of nitrogens with one attached hydrogen (secondary N) is 1. The lowest BCUT2D eigenvalue weighted by atomic mass is 10.2. The minimum atomic E-state index is -0.573. The molecule has 2 aromatic rings. The lowest BCUT2D eigenvalue weighted by Gasteiger charge is -2.23. The van der Waals surface area contributed by atoms with Gasteiger partial charge in [-0.1, -0.05) is 12.1 Å². The van der Waals surface area contributed by atoms with Gasteiger partial charge in [-0.25, -0.2) is 4.39 Å². The van der Waals surface area contributed by atoms with Crippen molar-refractivity contribution >= 4 is 5.69 Å². The molecule has 0 amide bonds. The highest BCUT2D eigenvalue weighted by Crippen LogP contribution is 2.19. The molecule has 130 valence electrons. The summed E-state index contributed by atoms with van der Waals surface area (Å²) < 4.78 is 18.5. The van der Waals surface area contributed by atoms with E-state index in [2.05, 4.69) is 5.32 Å². The predicted octanol–water partition coefficient (Wildman–Crippen LogP) is 1.74. The molecule has 0 aliphatic carbocycles. The number of rotatable bonds is 9. The summed E-state index contributed by atoms with van der Waals surface area (Å²) in [6.07, 6.45) is -0.573. The van der Waals surface area contributed by atoms with E-state index < -0.39 is 6.10 Å². The Bertz CT molecular complexity index is 605. The first kappa shape index (κ1) is 18.2. The van der Waals surface area contributed by atoms with Gasteiger partial charge >= 0.3 is 0 Å². The Morgan fingerprint density at radius 2 is 1.79 bits per heavy atom. The topological polar surface area (TPSA) is 65.0 Å². The van der Waals surface area contributed by atoms with Gasteiger partial charge in [-0.15, -0.1) is 0 Å². The van der Waals surface area contributed by atoms with Gasteiger partial charge < -0.3 is 19.8 Å². The molecule has 0 saturated carbocycles. The molecule has 5 nitrogen and oxygen atoms in total. The molecule has 0 spiro atoms. The van der Waals surface area contributed by atoms with E-state index >= 15 is 0 Å². The van der Waals surface area contributed by atoms with Crippen molar-refractivity contribution in [3.8, 4) is 5.75 Å². The van der Waals surface area contributed by atoms with Crippen molar-refractivity contribution in [3.05, 3.63) is 59.9 Å². The Hall–Kier alpha value is -2.15. The van der Waals surface area contributed by atoms with E-state index in [9.17, 15) is 9.50 Å². The molecule has 0 fully saturated rings. The third-order valence-corrected chi connectivity index (χ3v) is 3.57. The summed E-state index contributed by atoms with van der Waals surface area (Å²) in [4.78, 5) is 1.92.